The standard InChI is InChI=1S/C17H22N2/c18-11-14-7-2-1-3-9-17(14)19-12-15-10-13-6-4-5-8-16(13)15/h4-6,8,14-15,17,19H,1-3,7,9-10,12H2. The van der Waals surface area contributed by atoms with E-state index < -0.39 is 0 Å². The van der Waals surface area contributed by atoms with E-state index in [1.54, 1.807) is 0 Å². The predicted octanol–water partition coefficient (Wildman–Crippen LogP) is 3.39. The SMILES string of the molecule is N#CC1CCCCCC1NCC1Cc2ccccc21. The number of hydrogen-bond acceptors (Lipinski definition) is 2. The number of rotatable bonds is 3. The molecule has 0 aromatic heterocycles. The third-order valence-electron chi connectivity index (χ3n) is 4.77. The number of nitriles is 1. The molecular formula is C17H22N2. The maximum absolute atomic E-state index is 9.29. The lowest BCUT2D eigenvalue weighted by molar-refractivity contribution is 0.375. The van der Waals surface area contributed by atoms with Gasteiger partial charge in [-0.15, -0.1) is 0 Å². The fourth-order valence-electron chi connectivity index (χ4n) is 3.54. The van der Waals surface area contributed by atoms with Gasteiger partial charge in [-0.25, -0.2) is 0 Å². The summed E-state index contributed by atoms with van der Waals surface area (Å²) in [7, 11) is 0. The van der Waals surface area contributed by atoms with Crippen LogP contribution >= 0.6 is 0 Å². The molecule has 100 valence electrons. The molecule has 0 amide bonds. The molecule has 2 heteroatoms. The first-order chi connectivity index (χ1) is 9.38. The van der Waals surface area contributed by atoms with Gasteiger partial charge in [0, 0.05) is 18.5 Å². The van der Waals surface area contributed by atoms with Crippen LogP contribution in [0.2, 0.25) is 0 Å². The molecule has 1 saturated carbocycles. The van der Waals surface area contributed by atoms with E-state index in [0.717, 1.165) is 13.0 Å². The van der Waals surface area contributed by atoms with Crippen LogP contribution in [0.25, 0.3) is 0 Å². The Hall–Kier alpha value is -1.33. The quantitative estimate of drug-likeness (QED) is 0.839. The highest BCUT2D eigenvalue weighted by atomic mass is 14.9. The van der Waals surface area contributed by atoms with Gasteiger partial charge in [0.1, 0.15) is 0 Å². The molecule has 3 unspecified atom stereocenters. The number of fused-ring (bicyclic) bond motifs is 1. The van der Waals surface area contributed by atoms with Gasteiger partial charge in [0.25, 0.3) is 0 Å². The number of nitrogens with zero attached hydrogens (tertiary/aromatic N) is 1. The zero-order valence-corrected chi connectivity index (χ0v) is 11.4. The Morgan fingerprint density at radius 3 is 2.84 bits per heavy atom. The van der Waals surface area contributed by atoms with Crippen molar-refractivity contribution in [2.24, 2.45) is 5.92 Å². The highest BCUT2D eigenvalue weighted by molar-refractivity contribution is 5.40. The topological polar surface area (TPSA) is 35.8 Å². The molecule has 0 bridgehead atoms. The van der Waals surface area contributed by atoms with Gasteiger partial charge in [-0.3, -0.25) is 0 Å². The van der Waals surface area contributed by atoms with Crippen LogP contribution in [-0.2, 0) is 6.42 Å². The fourth-order valence-corrected chi connectivity index (χ4v) is 3.54. The van der Waals surface area contributed by atoms with E-state index in [2.05, 4.69) is 35.7 Å². The Balaban J connectivity index is 1.56. The van der Waals surface area contributed by atoms with E-state index in [1.165, 1.54) is 43.2 Å². The third kappa shape index (κ3) is 2.67. The van der Waals surface area contributed by atoms with Crippen molar-refractivity contribution < 1.29 is 0 Å². The molecule has 2 aliphatic rings. The van der Waals surface area contributed by atoms with Crippen LogP contribution in [0, 0.1) is 17.2 Å². The summed E-state index contributed by atoms with van der Waals surface area (Å²) < 4.78 is 0. The van der Waals surface area contributed by atoms with E-state index in [1.807, 2.05) is 0 Å². The summed E-state index contributed by atoms with van der Waals surface area (Å²) in [6.07, 6.45) is 7.25. The zero-order valence-electron chi connectivity index (χ0n) is 11.4. The first-order valence-corrected chi connectivity index (χ1v) is 7.59. The molecule has 0 saturated heterocycles. The van der Waals surface area contributed by atoms with Crippen LogP contribution in [0.5, 0.6) is 0 Å². The Morgan fingerprint density at radius 1 is 1.16 bits per heavy atom. The molecule has 1 aromatic carbocycles. The smallest absolute Gasteiger partial charge is 0.0672 e. The highest BCUT2D eigenvalue weighted by Crippen LogP contribution is 2.34. The Kier molecular flexibility index (Phi) is 3.84. The number of nitrogens with one attached hydrogen (secondary N) is 1. The van der Waals surface area contributed by atoms with Crippen LogP contribution in [0.4, 0.5) is 0 Å². The molecule has 3 rings (SSSR count). The van der Waals surface area contributed by atoms with Gasteiger partial charge in [0.2, 0.25) is 0 Å². The highest BCUT2D eigenvalue weighted by Gasteiger charge is 2.28. The summed E-state index contributed by atoms with van der Waals surface area (Å²) in [5, 5.41) is 13.0. The number of benzene rings is 1. The first-order valence-electron chi connectivity index (χ1n) is 7.59. The van der Waals surface area contributed by atoms with Crippen molar-refractivity contribution in [1.82, 2.24) is 5.32 Å². The van der Waals surface area contributed by atoms with Crippen molar-refractivity contribution in [2.75, 3.05) is 6.54 Å². The largest absolute Gasteiger partial charge is 0.312 e. The molecule has 1 fully saturated rings. The van der Waals surface area contributed by atoms with Gasteiger partial charge < -0.3 is 5.32 Å². The van der Waals surface area contributed by atoms with Gasteiger partial charge in [-0.1, -0.05) is 43.5 Å². The van der Waals surface area contributed by atoms with Crippen LogP contribution in [-0.4, -0.2) is 12.6 Å². The molecular weight excluding hydrogens is 232 g/mol. The minimum Gasteiger partial charge on any atom is -0.312 e. The molecule has 19 heavy (non-hydrogen) atoms. The molecule has 0 aliphatic heterocycles. The fraction of sp³-hybridized carbons (Fsp3) is 0.588. The first kappa shape index (κ1) is 12.7. The average Bonchev–Trinajstić information content (AvgIpc) is 2.65. The minimum atomic E-state index is 0.220. The van der Waals surface area contributed by atoms with Crippen LogP contribution in [0.1, 0.15) is 49.1 Å². The van der Waals surface area contributed by atoms with Gasteiger partial charge in [-0.2, -0.15) is 5.26 Å². The van der Waals surface area contributed by atoms with Crippen molar-refractivity contribution in [3.8, 4) is 6.07 Å². The summed E-state index contributed by atoms with van der Waals surface area (Å²) in [5.74, 6) is 0.886. The van der Waals surface area contributed by atoms with Crippen molar-refractivity contribution >= 4 is 0 Å². The van der Waals surface area contributed by atoms with Gasteiger partial charge in [0.05, 0.1) is 12.0 Å². The van der Waals surface area contributed by atoms with Crippen LogP contribution < -0.4 is 5.32 Å². The molecule has 3 atom stereocenters. The van der Waals surface area contributed by atoms with E-state index in [0.29, 0.717) is 12.0 Å². The van der Waals surface area contributed by atoms with Crippen molar-refractivity contribution in [3.63, 3.8) is 0 Å². The van der Waals surface area contributed by atoms with E-state index in [9.17, 15) is 5.26 Å². The average molecular weight is 254 g/mol. The van der Waals surface area contributed by atoms with Crippen molar-refractivity contribution in [1.29, 1.82) is 5.26 Å². The van der Waals surface area contributed by atoms with Gasteiger partial charge in [-0.05, 0) is 30.4 Å². The van der Waals surface area contributed by atoms with Gasteiger partial charge in [0.15, 0.2) is 0 Å². The monoisotopic (exact) mass is 254 g/mol. The summed E-state index contributed by atoms with van der Waals surface area (Å²) in [4.78, 5) is 0. The summed E-state index contributed by atoms with van der Waals surface area (Å²) in [6.45, 7) is 1.04. The van der Waals surface area contributed by atoms with E-state index in [-0.39, 0.29) is 5.92 Å². The van der Waals surface area contributed by atoms with Crippen molar-refractivity contribution in [2.45, 2.75) is 50.5 Å². The number of hydrogen-bond donors (Lipinski definition) is 1. The second-order valence-corrected chi connectivity index (χ2v) is 5.99. The predicted molar refractivity (Wildman–Crippen MR) is 76.9 cm³/mol. The maximum Gasteiger partial charge on any atom is 0.0672 e. The summed E-state index contributed by atoms with van der Waals surface area (Å²) >= 11 is 0. The minimum absolute atomic E-state index is 0.220. The second-order valence-electron chi connectivity index (χ2n) is 5.99. The van der Waals surface area contributed by atoms with E-state index >= 15 is 0 Å². The van der Waals surface area contributed by atoms with Gasteiger partial charge >= 0.3 is 0 Å². The molecule has 0 radical (unpaired) electrons. The maximum atomic E-state index is 9.29. The molecule has 0 heterocycles. The molecule has 1 N–H and O–H groups in total. The summed E-state index contributed by atoms with van der Waals surface area (Å²) in [6, 6.07) is 11.7. The van der Waals surface area contributed by atoms with Crippen molar-refractivity contribution in [3.05, 3.63) is 35.4 Å². The Bertz CT molecular complexity index is 474. The zero-order chi connectivity index (χ0) is 13.1. The van der Waals surface area contributed by atoms with Crippen LogP contribution in [0.3, 0.4) is 0 Å². The normalized spacial score (nSPS) is 29.7. The second kappa shape index (κ2) is 5.75. The Morgan fingerprint density at radius 2 is 2.00 bits per heavy atom. The molecule has 2 nitrogen and oxygen atoms in total. The van der Waals surface area contributed by atoms with Crippen LogP contribution in [0.15, 0.2) is 24.3 Å². The molecule has 0 spiro atoms. The summed E-state index contributed by atoms with van der Waals surface area (Å²) in [5.41, 5.74) is 3.02. The molecule has 1 aromatic rings. The Labute approximate surface area is 115 Å². The lowest BCUT2D eigenvalue weighted by atomic mass is 9.77. The van der Waals surface area contributed by atoms with E-state index in [4.69, 9.17) is 0 Å². The lowest BCUT2D eigenvalue weighted by Crippen LogP contribution is -2.39. The lowest BCUT2D eigenvalue weighted by Gasteiger charge is -2.32. The molecule has 2 aliphatic carbocycles. The third-order valence-corrected chi connectivity index (χ3v) is 4.77.